The Bertz CT molecular complexity index is 695. The van der Waals surface area contributed by atoms with Gasteiger partial charge in [0.15, 0.2) is 6.61 Å². The van der Waals surface area contributed by atoms with Crippen LogP contribution < -0.4 is 10.1 Å². The predicted molar refractivity (Wildman–Crippen MR) is 91.2 cm³/mol. The smallest absolute Gasteiger partial charge is 0.260 e. The second-order valence-electron chi connectivity index (χ2n) is 7.20. The van der Waals surface area contributed by atoms with E-state index >= 15 is 0 Å². The van der Waals surface area contributed by atoms with Gasteiger partial charge in [0.25, 0.3) is 11.8 Å². The van der Waals surface area contributed by atoms with E-state index in [1.807, 2.05) is 6.07 Å². The van der Waals surface area contributed by atoms with Crippen molar-refractivity contribution < 1.29 is 19.1 Å². The van der Waals surface area contributed by atoms with Crippen LogP contribution in [0.3, 0.4) is 0 Å². The van der Waals surface area contributed by atoms with Gasteiger partial charge in [0.2, 0.25) is 0 Å². The fraction of sp³-hybridized carbons (Fsp3) is 0.579. The average Bonchev–Trinajstić information content (AvgIpc) is 3.17. The van der Waals surface area contributed by atoms with Crippen LogP contribution in [0, 0.1) is 0 Å². The maximum atomic E-state index is 12.4. The standard InChI is InChI=1S/C19H24N2O4/c1-13-18(23)20-19(25-13)7-9-21(10-8-19)17(22)12-24-16-6-5-14-3-2-4-15(14)11-16/h5-6,11,13H,2-4,7-10,12H2,1H3,(H,20,23). The molecule has 0 aromatic heterocycles. The monoisotopic (exact) mass is 344 g/mol. The van der Waals surface area contributed by atoms with Crippen LogP contribution in [0.4, 0.5) is 0 Å². The van der Waals surface area contributed by atoms with Crippen molar-refractivity contribution >= 4 is 11.8 Å². The summed E-state index contributed by atoms with van der Waals surface area (Å²) in [6, 6.07) is 6.12. The van der Waals surface area contributed by atoms with E-state index in [1.165, 1.54) is 17.5 Å². The van der Waals surface area contributed by atoms with Crippen LogP contribution in [0.5, 0.6) is 5.75 Å². The zero-order valence-electron chi connectivity index (χ0n) is 14.5. The molecule has 1 atom stereocenters. The van der Waals surface area contributed by atoms with Gasteiger partial charge in [0, 0.05) is 25.9 Å². The Hall–Kier alpha value is -2.08. The van der Waals surface area contributed by atoms with Crippen molar-refractivity contribution in [3.63, 3.8) is 0 Å². The molecule has 2 heterocycles. The van der Waals surface area contributed by atoms with Crippen molar-refractivity contribution in [1.82, 2.24) is 10.2 Å². The normalized spacial score (nSPS) is 24.3. The first-order valence-electron chi connectivity index (χ1n) is 9.07. The van der Waals surface area contributed by atoms with Crippen molar-refractivity contribution in [3.8, 4) is 5.75 Å². The molecule has 134 valence electrons. The minimum absolute atomic E-state index is 0.0206. The van der Waals surface area contributed by atoms with Gasteiger partial charge in [0.1, 0.15) is 17.6 Å². The molecule has 0 saturated carbocycles. The van der Waals surface area contributed by atoms with Crippen molar-refractivity contribution in [2.75, 3.05) is 19.7 Å². The van der Waals surface area contributed by atoms with Crippen LogP contribution in [0.1, 0.15) is 37.3 Å². The van der Waals surface area contributed by atoms with E-state index in [0.717, 1.165) is 18.6 Å². The molecule has 1 aromatic carbocycles. The zero-order chi connectivity index (χ0) is 17.4. The Balaban J connectivity index is 1.29. The molecule has 1 spiro atoms. The van der Waals surface area contributed by atoms with E-state index in [9.17, 15) is 9.59 Å². The summed E-state index contributed by atoms with van der Waals surface area (Å²) in [6.45, 7) is 2.94. The summed E-state index contributed by atoms with van der Waals surface area (Å²) in [5.41, 5.74) is 2.15. The number of rotatable bonds is 3. The van der Waals surface area contributed by atoms with Crippen molar-refractivity contribution in [3.05, 3.63) is 29.3 Å². The van der Waals surface area contributed by atoms with Crippen LogP contribution in [0.25, 0.3) is 0 Å². The van der Waals surface area contributed by atoms with Gasteiger partial charge in [-0.25, -0.2) is 0 Å². The molecule has 1 aromatic rings. The first-order valence-corrected chi connectivity index (χ1v) is 9.07. The topological polar surface area (TPSA) is 67.9 Å². The Kier molecular flexibility index (Phi) is 4.15. The number of piperidine rings is 1. The van der Waals surface area contributed by atoms with E-state index in [0.29, 0.717) is 25.9 Å². The van der Waals surface area contributed by atoms with E-state index in [1.54, 1.807) is 11.8 Å². The molecule has 2 saturated heterocycles. The molecule has 6 nitrogen and oxygen atoms in total. The third-order valence-corrected chi connectivity index (χ3v) is 5.48. The number of carbonyl (C=O) groups excluding carboxylic acids is 2. The predicted octanol–water partition coefficient (Wildman–Crippen LogP) is 1.41. The molecule has 25 heavy (non-hydrogen) atoms. The number of nitrogens with one attached hydrogen (secondary N) is 1. The first kappa shape index (κ1) is 16.4. The number of hydrogen-bond donors (Lipinski definition) is 1. The highest BCUT2D eigenvalue weighted by Gasteiger charge is 2.45. The van der Waals surface area contributed by atoms with E-state index < -0.39 is 11.8 Å². The lowest BCUT2D eigenvalue weighted by molar-refractivity contribution is -0.140. The number of benzene rings is 1. The molecule has 2 amide bonds. The highest BCUT2D eigenvalue weighted by atomic mass is 16.5. The minimum Gasteiger partial charge on any atom is -0.484 e. The lowest BCUT2D eigenvalue weighted by Crippen LogP contribution is -2.53. The van der Waals surface area contributed by atoms with E-state index in [2.05, 4.69) is 17.4 Å². The van der Waals surface area contributed by atoms with Gasteiger partial charge in [-0.1, -0.05) is 6.07 Å². The van der Waals surface area contributed by atoms with Crippen LogP contribution in [0.2, 0.25) is 0 Å². The molecule has 6 heteroatoms. The van der Waals surface area contributed by atoms with Crippen LogP contribution in [0.15, 0.2) is 18.2 Å². The molecule has 4 rings (SSSR count). The third kappa shape index (κ3) is 3.23. The summed E-state index contributed by atoms with van der Waals surface area (Å²) in [6.07, 6.45) is 4.26. The zero-order valence-corrected chi connectivity index (χ0v) is 14.5. The van der Waals surface area contributed by atoms with Crippen molar-refractivity contribution in [2.24, 2.45) is 0 Å². The highest BCUT2D eigenvalue weighted by Crippen LogP contribution is 2.30. The summed E-state index contributed by atoms with van der Waals surface area (Å²) in [5.74, 6) is 0.676. The summed E-state index contributed by atoms with van der Waals surface area (Å²) in [5, 5.41) is 2.93. The molecule has 1 N–H and O–H groups in total. The Morgan fingerprint density at radius 3 is 2.80 bits per heavy atom. The fourth-order valence-corrected chi connectivity index (χ4v) is 3.98. The lowest BCUT2D eigenvalue weighted by atomic mass is 10.0. The SMILES string of the molecule is CC1OC2(CCN(C(=O)COc3ccc4c(c3)CCC4)CC2)NC1=O. The molecule has 0 radical (unpaired) electrons. The third-order valence-electron chi connectivity index (χ3n) is 5.48. The van der Waals surface area contributed by atoms with Crippen LogP contribution in [-0.4, -0.2) is 48.2 Å². The quantitative estimate of drug-likeness (QED) is 0.900. The summed E-state index contributed by atoms with van der Waals surface area (Å²) >= 11 is 0. The molecule has 1 aliphatic carbocycles. The number of carbonyl (C=O) groups is 2. The van der Waals surface area contributed by atoms with Gasteiger partial charge < -0.3 is 19.7 Å². The number of aryl methyl sites for hydroxylation is 2. The largest absolute Gasteiger partial charge is 0.484 e. The van der Waals surface area contributed by atoms with Gasteiger partial charge in [-0.2, -0.15) is 0 Å². The van der Waals surface area contributed by atoms with E-state index in [-0.39, 0.29) is 18.4 Å². The molecule has 2 aliphatic heterocycles. The van der Waals surface area contributed by atoms with Crippen molar-refractivity contribution in [2.45, 2.75) is 50.9 Å². The van der Waals surface area contributed by atoms with Crippen LogP contribution in [-0.2, 0) is 27.2 Å². The maximum absolute atomic E-state index is 12.4. The number of amides is 2. The number of fused-ring (bicyclic) bond motifs is 1. The Morgan fingerprint density at radius 1 is 1.32 bits per heavy atom. The number of hydrogen-bond acceptors (Lipinski definition) is 4. The van der Waals surface area contributed by atoms with Gasteiger partial charge in [-0.15, -0.1) is 0 Å². The van der Waals surface area contributed by atoms with E-state index in [4.69, 9.17) is 9.47 Å². The fourth-order valence-electron chi connectivity index (χ4n) is 3.98. The van der Waals surface area contributed by atoms with Crippen LogP contribution >= 0.6 is 0 Å². The van der Waals surface area contributed by atoms with Gasteiger partial charge in [0.05, 0.1) is 0 Å². The van der Waals surface area contributed by atoms with Gasteiger partial charge in [-0.05, 0) is 49.4 Å². The second-order valence-corrected chi connectivity index (χ2v) is 7.20. The Morgan fingerprint density at radius 2 is 2.08 bits per heavy atom. The molecule has 3 aliphatic rings. The second kappa shape index (κ2) is 6.33. The number of nitrogens with zero attached hydrogens (tertiary/aromatic N) is 1. The summed E-state index contributed by atoms with van der Waals surface area (Å²) in [4.78, 5) is 25.9. The molecular formula is C19H24N2O4. The number of ether oxygens (including phenoxy) is 2. The van der Waals surface area contributed by atoms with Gasteiger partial charge >= 0.3 is 0 Å². The first-order chi connectivity index (χ1) is 12.0. The number of likely N-dealkylation sites (tertiary alicyclic amines) is 1. The Labute approximate surface area is 147 Å². The average molecular weight is 344 g/mol. The maximum Gasteiger partial charge on any atom is 0.260 e. The van der Waals surface area contributed by atoms with Crippen molar-refractivity contribution in [1.29, 1.82) is 0 Å². The molecule has 1 unspecified atom stereocenters. The molecule has 0 bridgehead atoms. The molecular weight excluding hydrogens is 320 g/mol. The van der Waals surface area contributed by atoms with Gasteiger partial charge in [-0.3, -0.25) is 9.59 Å². The highest BCUT2D eigenvalue weighted by molar-refractivity contribution is 5.83. The summed E-state index contributed by atoms with van der Waals surface area (Å²) < 4.78 is 11.5. The minimum atomic E-state index is -0.589. The summed E-state index contributed by atoms with van der Waals surface area (Å²) in [7, 11) is 0. The lowest BCUT2D eigenvalue weighted by Gasteiger charge is -2.38. The molecule has 2 fully saturated rings.